The van der Waals surface area contributed by atoms with Gasteiger partial charge in [0.1, 0.15) is 17.7 Å². The molecule has 0 bridgehead atoms. The molecule has 0 unspecified atom stereocenters. The summed E-state index contributed by atoms with van der Waals surface area (Å²) < 4.78 is 27.4. The van der Waals surface area contributed by atoms with E-state index in [1.165, 1.54) is 35.2 Å². The molecule has 156 valence electrons. The number of benzene rings is 2. The van der Waals surface area contributed by atoms with Gasteiger partial charge in [0.2, 0.25) is 11.8 Å². The second-order valence-corrected chi connectivity index (χ2v) is 7.43. The van der Waals surface area contributed by atoms with E-state index in [2.05, 4.69) is 5.32 Å². The first kappa shape index (κ1) is 22.8. The maximum absolute atomic E-state index is 14.1. The molecule has 0 fully saturated rings. The van der Waals surface area contributed by atoms with Crippen LogP contribution in [0, 0.1) is 11.6 Å². The van der Waals surface area contributed by atoms with Gasteiger partial charge in [-0.25, -0.2) is 8.78 Å². The molecule has 29 heavy (non-hydrogen) atoms. The van der Waals surface area contributed by atoms with E-state index in [0.717, 1.165) is 6.42 Å². The normalized spacial score (nSPS) is 12.9. The summed E-state index contributed by atoms with van der Waals surface area (Å²) in [6.07, 6.45) is 0.461. The largest absolute Gasteiger partial charge is 0.352 e. The topological polar surface area (TPSA) is 49.4 Å². The van der Waals surface area contributed by atoms with Crippen LogP contribution >= 0.6 is 11.6 Å². The van der Waals surface area contributed by atoms with Crippen molar-refractivity contribution in [2.75, 3.05) is 0 Å². The van der Waals surface area contributed by atoms with Gasteiger partial charge in [-0.05, 0) is 50.1 Å². The van der Waals surface area contributed by atoms with Crippen molar-refractivity contribution >= 4 is 23.4 Å². The minimum Gasteiger partial charge on any atom is -0.352 e. The Balaban J connectivity index is 2.28. The second kappa shape index (κ2) is 10.3. The molecule has 2 aromatic carbocycles. The van der Waals surface area contributed by atoms with Gasteiger partial charge in [0.15, 0.2) is 0 Å². The molecule has 1 N–H and O–H groups in total. The Morgan fingerprint density at radius 2 is 1.76 bits per heavy atom. The van der Waals surface area contributed by atoms with Gasteiger partial charge in [-0.2, -0.15) is 0 Å². The predicted molar refractivity (Wildman–Crippen MR) is 109 cm³/mol. The van der Waals surface area contributed by atoms with E-state index >= 15 is 0 Å². The van der Waals surface area contributed by atoms with Crippen LogP contribution in [0.15, 0.2) is 42.5 Å². The van der Waals surface area contributed by atoms with Gasteiger partial charge in [0.05, 0.1) is 6.42 Å². The van der Waals surface area contributed by atoms with E-state index in [0.29, 0.717) is 5.56 Å². The smallest absolute Gasteiger partial charge is 0.242 e. The number of carbonyl (C=O) groups is 2. The number of hydrogen-bond acceptors (Lipinski definition) is 2. The third kappa shape index (κ3) is 6.26. The number of amides is 2. The summed E-state index contributed by atoms with van der Waals surface area (Å²) in [5, 5.41) is 3.00. The average Bonchev–Trinajstić information content (AvgIpc) is 2.69. The molecule has 0 saturated carbocycles. The zero-order valence-electron chi connectivity index (χ0n) is 16.7. The van der Waals surface area contributed by atoms with Gasteiger partial charge in [0, 0.05) is 23.2 Å². The molecule has 0 aliphatic carbocycles. The van der Waals surface area contributed by atoms with Crippen LogP contribution in [0.4, 0.5) is 8.78 Å². The van der Waals surface area contributed by atoms with Crippen molar-refractivity contribution in [2.24, 2.45) is 0 Å². The standard InChI is InChI=1S/C22H25ClF2N2O2/c1-4-14(2)26-22(29)15(3)27(13-16-8-10-17(24)11-9-16)21(28)12-18-19(23)6-5-7-20(18)25/h5-11,14-15H,4,12-13H2,1-3H3,(H,26,29)/t14-,15-/m0/s1. The van der Waals surface area contributed by atoms with Crippen molar-refractivity contribution in [3.05, 3.63) is 70.2 Å². The molecule has 0 heterocycles. The van der Waals surface area contributed by atoms with E-state index in [1.807, 2.05) is 13.8 Å². The molecule has 0 aliphatic rings. The minimum absolute atomic E-state index is 0.0475. The molecule has 2 aromatic rings. The van der Waals surface area contributed by atoms with Crippen LogP contribution in [0.25, 0.3) is 0 Å². The van der Waals surface area contributed by atoms with E-state index in [1.54, 1.807) is 19.1 Å². The quantitative estimate of drug-likeness (QED) is 0.681. The number of halogens is 3. The SMILES string of the molecule is CC[C@H](C)NC(=O)[C@H](C)N(Cc1ccc(F)cc1)C(=O)Cc1c(F)cccc1Cl. The lowest BCUT2D eigenvalue weighted by atomic mass is 10.1. The van der Waals surface area contributed by atoms with E-state index < -0.39 is 23.6 Å². The summed E-state index contributed by atoms with van der Waals surface area (Å²) in [5.74, 6) is -1.74. The van der Waals surface area contributed by atoms with Gasteiger partial charge in [-0.1, -0.05) is 36.7 Å². The highest BCUT2D eigenvalue weighted by Gasteiger charge is 2.28. The van der Waals surface area contributed by atoms with Gasteiger partial charge in [-0.15, -0.1) is 0 Å². The molecule has 4 nitrogen and oxygen atoms in total. The molecular formula is C22H25ClF2N2O2. The van der Waals surface area contributed by atoms with Crippen molar-refractivity contribution in [1.29, 1.82) is 0 Å². The summed E-state index contributed by atoms with van der Waals surface area (Å²) in [5.41, 5.74) is 0.736. The lowest BCUT2D eigenvalue weighted by molar-refractivity contribution is -0.140. The molecule has 2 amide bonds. The van der Waals surface area contributed by atoms with Crippen molar-refractivity contribution in [3.63, 3.8) is 0 Å². The Labute approximate surface area is 174 Å². The maximum atomic E-state index is 14.1. The Morgan fingerprint density at radius 3 is 2.34 bits per heavy atom. The Hall–Kier alpha value is -2.47. The zero-order chi connectivity index (χ0) is 21.6. The molecule has 0 radical (unpaired) electrons. The lowest BCUT2D eigenvalue weighted by Crippen LogP contribution is -2.50. The third-order valence-corrected chi connectivity index (χ3v) is 5.18. The maximum Gasteiger partial charge on any atom is 0.242 e. The highest BCUT2D eigenvalue weighted by molar-refractivity contribution is 6.31. The minimum atomic E-state index is -0.799. The van der Waals surface area contributed by atoms with Crippen LogP contribution in [0.5, 0.6) is 0 Å². The van der Waals surface area contributed by atoms with Crippen LogP contribution < -0.4 is 5.32 Å². The van der Waals surface area contributed by atoms with Crippen LogP contribution in [-0.4, -0.2) is 28.8 Å². The average molecular weight is 423 g/mol. The summed E-state index contributed by atoms with van der Waals surface area (Å²) >= 11 is 6.05. The molecule has 2 rings (SSSR count). The molecule has 0 aliphatic heterocycles. The van der Waals surface area contributed by atoms with E-state index in [9.17, 15) is 18.4 Å². The number of hydrogen-bond donors (Lipinski definition) is 1. The molecule has 0 spiro atoms. The summed E-state index contributed by atoms with van der Waals surface area (Å²) in [7, 11) is 0. The van der Waals surface area contributed by atoms with E-state index in [-0.39, 0.29) is 35.5 Å². The van der Waals surface area contributed by atoms with Gasteiger partial charge < -0.3 is 10.2 Å². The van der Waals surface area contributed by atoms with Crippen LogP contribution in [0.3, 0.4) is 0 Å². The van der Waals surface area contributed by atoms with Crippen LogP contribution in [0.2, 0.25) is 5.02 Å². The molecular weight excluding hydrogens is 398 g/mol. The third-order valence-electron chi connectivity index (χ3n) is 4.82. The number of nitrogens with zero attached hydrogens (tertiary/aromatic N) is 1. The molecule has 0 saturated heterocycles. The van der Waals surface area contributed by atoms with Crippen molar-refractivity contribution in [3.8, 4) is 0 Å². The lowest BCUT2D eigenvalue weighted by Gasteiger charge is -2.30. The first-order valence-electron chi connectivity index (χ1n) is 9.50. The van der Waals surface area contributed by atoms with Crippen molar-refractivity contribution in [1.82, 2.24) is 10.2 Å². The van der Waals surface area contributed by atoms with Crippen LogP contribution in [-0.2, 0) is 22.6 Å². The Morgan fingerprint density at radius 1 is 1.10 bits per heavy atom. The fourth-order valence-corrected chi connectivity index (χ4v) is 3.02. The Kier molecular flexibility index (Phi) is 8.14. The highest BCUT2D eigenvalue weighted by atomic mass is 35.5. The van der Waals surface area contributed by atoms with Gasteiger partial charge >= 0.3 is 0 Å². The molecule has 0 aromatic heterocycles. The summed E-state index contributed by atoms with van der Waals surface area (Å²) in [6.45, 7) is 5.51. The molecule has 2 atom stereocenters. The highest BCUT2D eigenvalue weighted by Crippen LogP contribution is 2.21. The Bertz CT molecular complexity index is 838. The first-order valence-corrected chi connectivity index (χ1v) is 9.87. The molecule has 7 heteroatoms. The number of rotatable bonds is 8. The van der Waals surface area contributed by atoms with Gasteiger partial charge in [-0.3, -0.25) is 9.59 Å². The van der Waals surface area contributed by atoms with E-state index in [4.69, 9.17) is 11.6 Å². The van der Waals surface area contributed by atoms with Gasteiger partial charge in [0.25, 0.3) is 0 Å². The monoisotopic (exact) mass is 422 g/mol. The second-order valence-electron chi connectivity index (χ2n) is 7.02. The van der Waals surface area contributed by atoms with Crippen molar-refractivity contribution < 1.29 is 18.4 Å². The zero-order valence-corrected chi connectivity index (χ0v) is 17.5. The van der Waals surface area contributed by atoms with Crippen molar-refractivity contribution in [2.45, 2.75) is 52.2 Å². The number of nitrogens with one attached hydrogen (secondary N) is 1. The number of carbonyl (C=O) groups excluding carboxylic acids is 2. The predicted octanol–water partition coefficient (Wildman–Crippen LogP) is 4.49. The van der Waals surface area contributed by atoms with Crippen LogP contribution in [0.1, 0.15) is 38.3 Å². The fraction of sp³-hybridized carbons (Fsp3) is 0.364. The summed E-state index contributed by atoms with van der Waals surface area (Å²) in [6, 6.07) is 9.03. The first-order chi connectivity index (χ1) is 13.7. The summed E-state index contributed by atoms with van der Waals surface area (Å²) in [4.78, 5) is 27.0. The fourth-order valence-electron chi connectivity index (χ4n) is 2.79.